The highest BCUT2D eigenvalue weighted by Crippen LogP contribution is 2.54. The second-order valence-electron chi connectivity index (χ2n) is 6.74. The van der Waals surface area contributed by atoms with Crippen LogP contribution in [0.2, 0.25) is 0 Å². The number of hydrogen-bond donors (Lipinski definition) is 1. The smallest absolute Gasteiger partial charge is 0.210 e. The topological polar surface area (TPSA) is 46.2 Å². The van der Waals surface area contributed by atoms with Gasteiger partial charge < -0.3 is 0 Å². The van der Waals surface area contributed by atoms with Gasteiger partial charge in [-0.25, -0.2) is 13.1 Å². The molecule has 0 heterocycles. The standard InChI is InChI=1S/C16H26F9NO2S/c1-2-3-4-5-6-7-8-9-10-11-12-26-29(27,28)16(24,25)14(19,20)13(17,18)15(21,22)23/h26H,2-12H2,1H3. The van der Waals surface area contributed by atoms with Gasteiger partial charge in [0.05, 0.1) is 0 Å². The highest BCUT2D eigenvalue weighted by molar-refractivity contribution is 7.90. The molecular weight excluding hydrogens is 441 g/mol. The summed E-state index contributed by atoms with van der Waals surface area (Å²) in [5.74, 6) is -14.4. The minimum Gasteiger partial charge on any atom is -0.210 e. The molecule has 0 rings (SSSR count). The average Bonchev–Trinajstić information content (AvgIpc) is 2.58. The van der Waals surface area contributed by atoms with E-state index in [1.165, 1.54) is 0 Å². The Balaban J connectivity index is 4.53. The minimum absolute atomic E-state index is 0.0631. The normalized spacial score (nSPS) is 14.4. The summed E-state index contributed by atoms with van der Waals surface area (Å²) in [6.07, 6.45) is 0.945. The van der Waals surface area contributed by atoms with Crippen molar-refractivity contribution < 1.29 is 47.9 Å². The van der Waals surface area contributed by atoms with Crippen LogP contribution in [-0.2, 0) is 10.0 Å². The van der Waals surface area contributed by atoms with Crippen molar-refractivity contribution in [3.63, 3.8) is 0 Å². The van der Waals surface area contributed by atoms with Crippen molar-refractivity contribution >= 4 is 10.0 Å². The van der Waals surface area contributed by atoms with Gasteiger partial charge in [0.25, 0.3) is 10.0 Å². The molecule has 1 N–H and O–H groups in total. The van der Waals surface area contributed by atoms with E-state index in [2.05, 4.69) is 6.92 Å². The van der Waals surface area contributed by atoms with E-state index in [4.69, 9.17) is 0 Å². The highest BCUT2D eigenvalue weighted by atomic mass is 32.2. The molecule has 0 unspecified atom stereocenters. The fourth-order valence-electron chi connectivity index (χ4n) is 2.44. The van der Waals surface area contributed by atoms with E-state index >= 15 is 0 Å². The van der Waals surface area contributed by atoms with Gasteiger partial charge in [-0.1, -0.05) is 64.7 Å². The number of unbranched alkanes of at least 4 members (excludes halogenated alkanes) is 9. The largest absolute Gasteiger partial charge is 0.460 e. The molecule has 0 aliphatic carbocycles. The third-order valence-corrected chi connectivity index (χ3v) is 5.79. The summed E-state index contributed by atoms with van der Waals surface area (Å²) in [6.45, 7) is 1.29. The molecule has 0 amide bonds. The lowest BCUT2D eigenvalue weighted by Gasteiger charge is -2.33. The van der Waals surface area contributed by atoms with Crippen molar-refractivity contribution in [3.8, 4) is 0 Å². The Morgan fingerprint density at radius 1 is 0.621 bits per heavy atom. The van der Waals surface area contributed by atoms with Gasteiger partial charge in [-0.2, -0.15) is 39.5 Å². The van der Waals surface area contributed by atoms with E-state index in [1.807, 2.05) is 0 Å². The van der Waals surface area contributed by atoms with Gasteiger partial charge in [-0.3, -0.25) is 0 Å². The average molecular weight is 467 g/mol. The first-order chi connectivity index (χ1) is 13.1. The molecule has 0 aromatic rings. The SMILES string of the molecule is CCCCCCCCCCCCNS(=O)(=O)C(F)(F)C(F)(F)C(F)(F)C(F)(F)F. The maximum atomic E-state index is 13.4. The number of nitrogens with one attached hydrogen (secondary N) is 1. The van der Waals surface area contributed by atoms with Gasteiger partial charge in [0.15, 0.2) is 0 Å². The molecule has 0 aromatic heterocycles. The molecule has 0 aromatic carbocycles. The lowest BCUT2D eigenvalue weighted by molar-refractivity contribution is -0.382. The third-order valence-electron chi connectivity index (χ3n) is 4.28. The summed E-state index contributed by atoms with van der Waals surface area (Å²) in [4.78, 5) is 0. The predicted molar refractivity (Wildman–Crippen MR) is 89.7 cm³/mol. The van der Waals surface area contributed by atoms with E-state index in [0.717, 1.165) is 49.7 Å². The van der Waals surface area contributed by atoms with Crippen LogP contribution >= 0.6 is 0 Å². The molecule has 0 radical (unpaired) electrons. The third kappa shape index (κ3) is 7.18. The van der Waals surface area contributed by atoms with Gasteiger partial charge in [-0.15, -0.1) is 0 Å². The van der Waals surface area contributed by atoms with Crippen molar-refractivity contribution in [2.45, 2.75) is 94.4 Å². The van der Waals surface area contributed by atoms with Crippen molar-refractivity contribution in [1.29, 1.82) is 0 Å². The molecule has 0 saturated heterocycles. The zero-order valence-corrected chi connectivity index (χ0v) is 16.7. The number of rotatable bonds is 15. The van der Waals surface area contributed by atoms with Crippen LogP contribution in [0.15, 0.2) is 0 Å². The van der Waals surface area contributed by atoms with Gasteiger partial charge in [0, 0.05) is 6.54 Å². The van der Waals surface area contributed by atoms with Crippen molar-refractivity contribution in [3.05, 3.63) is 0 Å². The van der Waals surface area contributed by atoms with Crippen molar-refractivity contribution in [2.75, 3.05) is 6.54 Å². The first-order valence-electron chi connectivity index (χ1n) is 9.25. The summed E-state index contributed by atoms with van der Waals surface area (Å²) in [5.41, 5.74) is 0. The van der Waals surface area contributed by atoms with E-state index in [9.17, 15) is 47.9 Å². The molecule has 29 heavy (non-hydrogen) atoms. The summed E-state index contributed by atoms with van der Waals surface area (Å²) < 4.78 is 138. The van der Waals surface area contributed by atoms with Crippen molar-refractivity contribution in [1.82, 2.24) is 4.72 Å². The Morgan fingerprint density at radius 3 is 1.38 bits per heavy atom. The van der Waals surface area contributed by atoms with Crippen LogP contribution in [0.1, 0.15) is 71.1 Å². The first-order valence-corrected chi connectivity index (χ1v) is 10.7. The van der Waals surface area contributed by atoms with Gasteiger partial charge >= 0.3 is 23.3 Å². The Morgan fingerprint density at radius 2 is 1.00 bits per heavy atom. The van der Waals surface area contributed by atoms with Crippen LogP contribution < -0.4 is 4.72 Å². The van der Waals surface area contributed by atoms with Crippen LogP contribution in [0.5, 0.6) is 0 Å². The summed E-state index contributed by atoms with van der Waals surface area (Å²) in [7, 11) is -6.48. The minimum atomic E-state index is -7.24. The van der Waals surface area contributed by atoms with E-state index < -0.39 is 39.8 Å². The molecule has 0 bridgehead atoms. The van der Waals surface area contributed by atoms with Crippen LogP contribution in [0.4, 0.5) is 39.5 Å². The van der Waals surface area contributed by atoms with Crippen LogP contribution in [0, 0.1) is 0 Å². The summed E-state index contributed by atoms with van der Waals surface area (Å²) in [6, 6.07) is 0. The van der Waals surface area contributed by atoms with E-state index in [1.54, 1.807) is 0 Å². The molecule has 0 saturated carbocycles. The molecule has 176 valence electrons. The molecule has 0 spiro atoms. The number of hydrogen-bond acceptors (Lipinski definition) is 2. The maximum absolute atomic E-state index is 13.4. The monoisotopic (exact) mass is 467 g/mol. The molecule has 0 fully saturated rings. The molecule has 3 nitrogen and oxygen atoms in total. The Labute approximate surface area is 164 Å². The quantitative estimate of drug-likeness (QED) is 0.229. The fraction of sp³-hybridized carbons (Fsp3) is 1.00. The maximum Gasteiger partial charge on any atom is 0.460 e. The second-order valence-corrected chi connectivity index (χ2v) is 8.55. The zero-order chi connectivity index (χ0) is 23.0. The molecule has 0 aliphatic rings. The van der Waals surface area contributed by atoms with Gasteiger partial charge in [0.1, 0.15) is 0 Å². The fourth-order valence-corrected chi connectivity index (χ4v) is 3.50. The highest BCUT2D eigenvalue weighted by Gasteiger charge is 2.85. The molecular formula is C16H26F9NO2S. The first kappa shape index (κ1) is 28.3. The summed E-state index contributed by atoms with van der Waals surface area (Å²) in [5, 5.41) is -6.67. The molecule has 0 aliphatic heterocycles. The lowest BCUT2D eigenvalue weighted by atomic mass is 10.1. The van der Waals surface area contributed by atoms with Gasteiger partial charge in [-0.05, 0) is 6.42 Å². The van der Waals surface area contributed by atoms with E-state index in [0.29, 0.717) is 12.8 Å². The van der Waals surface area contributed by atoms with Crippen LogP contribution in [-0.4, -0.2) is 38.2 Å². The second kappa shape index (κ2) is 11.1. The Kier molecular flexibility index (Phi) is 10.8. The Hall–Kier alpha value is -0.720. The van der Waals surface area contributed by atoms with E-state index in [-0.39, 0.29) is 6.42 Å². The molecule has 13 heteroatoms. The summed E-state index contributed by atoms with van der Waals surface area (Å²) >= 11 is 0. The number of sulfonamides is 1. The number of alkyl halides is 9. The number of halogens is 9. The zero-order valence-electron chi connectivity index (χ0n) is 15.9. The molecule has 0 atom stereocenters. The Bertz CT molecular complexity index is 577. The van der Waals surface area contributed by atoms with Gasteiger partial charge in [0.2, 0.25) is 0 Å². The van der Waals surface area contributed by atoms with Crippen LogP contribution in [0.25, 0.3) is 0 Å². The predicted octanol–water partition coefficient (Wildman–Crippen LogP) is 6.25. The lowest BCUT2D eigenvalue weighted by Crippen LogP contribution is -2.64. The van der Waals surface area contributed by atoms with Crippen molar-refractivity contribution in [2.24, 2.45) is 0 Å². The van der Waals surface area contributed by atoms with Crippen LogP contribution in [0.3, 0.4) is 0 Å².